The van der Waals surface area contributed by atoms with Gasteiger partial charge in [0.25, 0.3) is 5.71 Å². The van der Waals surface area contributed by atoms with Crippen LogP contribution < -0.4 is 10.1 Å². The Labute approximate surface area is 165 Å². The lowest BCUT2D eigenvalue weighted by atomic mass is 10.0. The SMILES string of the molecule is COc1cccc(-c2noc3ncnc(NCCCN4CCC[C@H](C)C4)c23)c1. The highest BCUT2D eigenvalue weighted by Crippen LogP contribution is 2.32. The van der Waals surface area contributed by atoms with Crippen molar-refractivity contribution in [2.45, 2.75) is 26.2 Å². The molecule has 148 valence electrons. The third-order valence-corrected chi connectivity index (χ3v) is 5.30. The van der Waals surface area contributed by atoms with Crippen molar-refractivity contribution in [2.75, 3.05) is 38.6 Å². The number of aromatic nitrogens is 3. The van der Waals surface area contributed by atoms with Crippen LogP contribution in [0, 0.1) is 5.92 Å². The molecule has 1 aliphatic rings. The van der Waals surface area contributed by atoms with Crippen molar-refractivity contribution in [1.29, 1.82) is 0 Å². The Morgan fingerprint density at radius 1 is 1.32 bits per heavy atom. The molecular weight excluding hydrogens is 354 g/mol. The van der Waals surface area contributed by atoms with E-state index < -0.39 is 0 Å². The Bertz CT molecular complexity index is 926. The minimum absolute atomic E-state index is 0.486. The van der Waals surface area contributed by atoms with Crippen molar-refractivity contribution in [1.82, 2.24) is 20.0 Å². The van der Waals surface area contributed by atoms with Crippen molar-refractivity contribution in [3.05, 3.63) is 30.6 Å². The summed E-state index contributed by atoms with van der Waals surface area (Å²) in [5, 5.41) is 8.49. The molecule has 0 saturated carbocycles. The Hall–Kier alpha value is -2.67. The molecule has 3 heterocycles. The van der Waals surface area contributed by atoms with Crippen molar-refractivity contribution in [3.63, 3.8) is 0 Å². The monoisotopic (exact) mass is 381 g/mol. The molecule has 0 aliphatic carbocycles. The van der Waals surface area contributed by atoms with E-state index in [1.807, 2.05) is 24.3 Å². The molecule has 28 heavy (non-hydrogen) atoms. The van der Waals surface area contributed by atoms with Gasteiger partial charge in [0.2, 0.25) is 0 Å². The average molecular weight is 381 g/mol. The van der Waals surface area contributed by atoms with Gasteiger partial charge in [0.05, 0.1) is 7.11 Å². The molecule has 7 heteroatoms. The molecule has 7 nitrogen and oxygen atoms in total. The van der Waals surface area contributed by atoms with Gasteiger partial charge >= 0.3 is 0 Å². The maximum absolute atomic E-state index is 5.44. The summed E-state index contributed by atoms with van der Waals surface area (Å²) in [5.41, 5.74) is 2.13. The maximum Gasteiger partial charge on any atom is 0.263 e. The maximum atomic E-state index is 5.44. The summed E-state index contributed by atoms with van der Waals surface area (Å²) in [6.07, 6.45) is 5.25. The van der Waals surface area contributed by atoms with E-state index in [4.69, 9.17) is 9.26 Å². The second-order valence-electron chi connectivity index (χ2n) is 7.49. The van der Waals surface area contributed by atoms with Crippen LogP contribution >= 0.6 is 0 Å². The zero-order chi connectivity index (χ0) is 19.3. The molecule has 1 saturated heterocycles. The minimum Gasteiger partial charge on any atom is -0.497 e. The Morgan fingerprint density at radius 3 is 3.11 bits per heavy atom. The lowest BCUT2D eigenvalue weighted by molar-refractivity contribution is 0.183. The first kappa shape index (κ1) is 18.7. The molecule has 3 aromatic rings. The van der Waals surface area contributed by atoms with Crippen LogP contribution in [-0.4, -0.2) is 53.3 Å². The highest BCUT2D eigenvalue weighted by molar-refractivity contribution is 5.97. The van der Waals surface area contributed by atoms with Crippen LogP contribution in [0.4, 0.5) is 5.82 Å². The Balaban J connectivity index is 1.47. The van der Waals surface area contributed by atoms with Crippen LogP contribution in [0.3, 0.4) is 0 Å². The predicted molar refractivity (Wildman–Crippen MR) is 110 cm³/mol. The van der Waals surface area contributed by atoms with E-state index in [1.165, 1.54) is 32.3 Å². The number of rotatable bonds is 7. The zero-order valence-corrected chi connectivity index (χ0v) is 16.5. The lowest BCUT2D eigenvalue weighted by Gasteiger charge is -2.30. The molecule has 0 spiro atoms. The quantitative estimate of drug-likeness (QED) is 0.623. The highest BCUT2D eigenvalue weighted by atomic mass is 16.5. The summed E-state index contributed by atoms with van der Waals surface area (Å²) in [5.74, 6) is 2.34. The molecule has 4 rings (SSSR count). The topological polar surface area (TPSA) is 76.3 Å². The fraction of sp³-hybridized carbons (Fsp3) is 0.476. The Morgan fingerprint density at radius 2 is 2.25 bits per heavy atom. The van der Waals surface area contributed by atoms with Crippen LogP contribution in [0.25, 0.3) is 22.4 Å². The largest absolute Gasteiger partial charge is 0.497 e. The number of ether oxygens (including phenoxy) is 1. The molecule has 0 bridgehead atoms. The summed E-state index contributed by atoms with van der Waals surface area (Å²) in [6, 6.07) is 7.76. The number of fused-ring (bicyclic) bond motifs is 1. The smallest absolute Gasteiger partial charge is 0.263 e. The van der Waals surface area contributed by atoms with Crippen molar-refractivity contribution >= 4 is 16.9 Å². The fourth-order valence-electron chi connectivity index (χ4n) is 3.89. The summed E-state index contributed by atoms with van der Waals surface area (Å²) < 4.78 is 10.8. The van der Waals surface area contributed by atoms with Crippen molar-refractivity contribution in [2.24, 2.45) is 5.92 Å². The zero-order valence-electron chi connectivity index (χ0n) is 16.5. The van der Waals surface area contributed by atoms with E-state index in [-0.39, 0.29) is 0 Å². The van der Waals surface area contributed by atoms with Gasteiger partial charge in [-0.05, 0) is 50.4 Å². The molecule has 1 atom stereocenters. The van der Waals surface area contributed by atoms with Crippen LogP contribution in [0.2, 0.25) is 0 Å². The van der Waals surface area contributed by atoms with E-state index in [2.05, 4.69) is 32.3 Å². The van der Waals surface area contributed by atoms with E-state index >= 15 is 0 Å². The van der Waals surface area contributed by atoms with Gasteiger partial charge in [-0.25, -0.2) is 4.98 Å². The average Bonchev–Trinajstić information content (AvgIpc) is 3.16. The number of hydrogen-bond donors (Lipinski definition) is 1. The predicted octanol–water partition coefficient (Wildman–Crippen LogP) is 3.83. The molecule has 0 unspecified atom stereocenters. The molecule has 2 aromatic heterocycles. The summed E-state index contributed by atoms with van der Waals surface area (Å²) in [4.78, 5) is 11.2. The summed E-state index contributed by atoms with van der Waals surface area (Å²) in [6.45, 7) is 6.73. The van der Waals surface area contributed by atoms with Gasteiger partial charge in [0.1, 0.15) is 29.0 Å². The summed E-state index contributed by atoms with van der Waals surface area (Å²) in [7, 11) is 1.65. The minimum atomic E-state index is 0.486. The third kappa shape index (κ3) is 4.09. The van der Waals surface area contributed by atoms with Gasteiger partial charge in [-0.1, -0.05) is 24.2 Å². The van der Waals surface area contributed by atoms with Gasteiger partial charge < -0.3 is 19.5 Å². The van der Waals surface area contributed by atoms with Gasteiger partial charge in [-0.15, -0.1) is 0 Å². The van der Waals surface area contributed by atoms with E-state index in [9.17, 15) is 0 Å². The first-order valence-electron chi connectivity index (χ1n) is 9.95. The third-order valence-electron chi connectivity index (χ3n) is 5.30. The van der Waals surface area contributed by atoms with Crippen molar-refractivity contribution < 1.29 is 9.26 Å². The number of nitrogens with one attached hydrogen (secondary N) is 1. The lowest BCUT2D eigenvalue weighted by Crippen LogP contribution is -2.35. The van der Waals surface area contributed by atoms with E-state index in [1.54, 1.807) is 7.11 Å². The van der Waals surface area contributed by atoms with Gasteiger partial charge in [0, 0.05) is 18.7 Å². The first-order valence-corrected chi connectivity index (χ1v) is 9.95. The molecule has 1 fully saturated rings. The molecule has 0 radical (unpaired) electrons. The number of nitrogens with zero attached hydrogens (tertiary/aromatic N) is 4. The highest BCUT2D eigenvalue weighted by Gasteiger charge is 2.18. The molecule has 1 aromatic carbocycles. The molecular formula is C21H27N5O2. The van der Waals surface area contributed by atoms with Crippen molar-refractivity contribution in [3.8, 4) is 17.0 Å². The molecule has 0 amide bonds. The molecule has 1 aliphatic heterocycles. The van der Waals surface area contributed by atoms with Gasteiger partial charge in [-0.3, -0.25) is 0 Å². The summed E-state index contributed by atoms with van der Waals surface area (Å²) >= 11 is 0. The number of piperidine rings is 1. The number of anilines is 1. The first-order chi connectivity index (χ1) is 13.7. The van der Waals surface area contributed by atoms with Crippen LogP contribution in [-0.2, 0) is 0 Å². The normalized spacial score (nSPS) is 17.7. The van der Waals surface area contributed by atoms with Crippen LogP contribution in [0.15, 0.2) is 35.1 Å². The van der Waals surface area contributed by atoms with E-state index in [0.29, 0.717) is 5.71 Å². The number of methoxy groups -OCH3 is 1. The number of benzene rings is 1. The second-order valence-corrected chi connectivity index (χ2v) is 7.49. The number of hydrogen-bond acceptors (Lipinski definition) is 7. The van der Waals surface area contributed by atoms with Gasteiger partial charge in [0.15, 0.2) is 0 Å². The van der Waals surface area contributed by atoms with Crippen LogP contribution in [0.1, 0.15) is 26.2 Å². The Kier molecular flexibility index (Phi) is 5.71. The van der Waals surface area contributed by atoms with Crippen LogP contribution in [0.5, 0.6) is 5.75 Å². The standard InChI is InChI=1S/C21H27N5O2/c1-15-6-4-10-26(13-15)11-5-9-22-20-18-19(25-28-21(18)24-14-23-20)16-7-3-8-17(12-16)27-2/h3,7-8,12,14-15H,4-6,9-11,13H2,1-2H3,(H,22,23,24)/t15-/m0/s1. The second kappa shape index (κ2) is 8.56. The van der Waals surface area contributed by atoms with Gasteiger partial charge in [-0.2, -0.15) is 4.98 Å². The fourth-order valence-corrected chi connectivity index (χ4v) is 3.89. The van der Waals surface area contributed by atoms with E-state index in [0.717, 1.165) is 53.6 Å². The molecule has 1 N–H and O–H groups in total. The number of likely N-dealkylation sites (tertiary alicyclic amines) is 1.